The second-order valence-electron chi connectivity index (χ2n) is 4.22. The van der Waals surface area contributed by atoms with Crippen molar-refractivity contribution in [3.8, 4) is 0 Å². The van der Waals surface area contributed by atoms with Gasteiger partial charge in [0, 0.05) is 12.6 Å². The molecular weight excluding hydrogens is 218 g/mol. The second kappa shape index (κ2) is 4.63. The molecule has 1 aromatic rings. The van der Waals surface area contributed by atoms with Crippen LogP contribution in [0.5, 0.6) is 0 Å². The Bertz CT molecular complexity index is 434. The van der Waals surface area contributed by atoms with E-state index in [2.05, 4.69) is 4.90 Å². The number of rotatable bonds is 2. The zero-order valence-corrected chi connectivity index (χ0v) is 9.85. The summed E-state index contributed by atoms with van der Waals surface area (Å²) in [5.41, 5.74) is 13.1. The summed E-state index contributed by atoms with van der Waals surface area (Å²) in [5.74, 6) is -0.453. The Morgan fingerprint density at radius 2 is 2.29 bits per heavy atom. The van der Waals surface area contributed by atoms with Crippen LogP contribution in [-0.4, -0.2) is 31.7 Å². The Morgan fingerprint density at radius 1 is 1.53 bits per heavy atom. The van der Waals surface area contributed by atoms with Gasteiger partial charge in [-0.1, -0.05) is 6.07 Å². The van der Waals surface area contributed by atoms with Gasteiger partial charge in [0.05, 0.1) is 30.2 Å². The van der Waals surface area contributed by atoms with E-state index in [1.165, 1.54) is 0 Å². The van der Waals surface area contributed by atoms with E-state index in [1.807, 2.05) is 6.92 Å². The number of carbonyl (C=O) groups excluding carboxylic acids is 1. The molecule has 0 spiro atoms. The number of nitrogens with zero attached hydrogens (tertiary/aromatic N) is 1. The molecule has 1 heterocycles. The minimum Gasteiger partial charge on any atom is -0.397 e. The maximum atomic E-state index is 11.4. The molecule has 92 valence electrons. The molecule has 1 aliphatic heterocycles. The molecule has 1 saturated heterocycles. The molecule has 1 aliphatic rings. The molecule has 17 heavy (non-hydrogen) atoms. The average Bonchev–Trinajstić information content (AvgIpc) is 2.30. The monoisotopic (exact) mass is 235 g/mol. The van der Waals surface area contributed by atoms with Crippen LogP contribution in [-0.2, 0) is 4.74 Å². The lowest BCUT2D eigenvalue weighted by Gasteiger charge is -2.36. The molecule has 0 bridgehead atoms. The smallest absolute Gasteiger partial charge is 0.250 e. The van der Waals surface area contributed by atoms with Crippen LogP contribution in [0.3, 0.4) is 0 Å². The van der Waals surface area contributed by atoms with Gasteiger partial charge in [-0.05, 0) is 19.1 Å². The molecule has 1 aromatic carbocycles. The number of primary amides is 1. The molecule has 1 atom stereocenters. The number of para-hydroxylation sites is 1. The average molecular weight is 235 g/mol. The summed E-state index contributed by atoms with van der Waals surface area (Å²) in [7, 11) is 0. The summed E-state index contributed by atoms with van der Waals surface area (Å²) in [5, 5.41) is 0. The third-order valence-corrected chi connectivity index (χ3v) is 2.99. The third kappa shape index (κ3) is 2.19. The molecule has 1 unspecified atom stereocenters. The van der Waals surface area contributed by atoms with Crippen LogP contribution in [0, 0.1) is 0 Å². The lowest BCUT2D eigenvalue weighted by atomic mass is 10.1. The Kier molecular flexibility index (Phi) is 3.19. The first-order valence-electron chi connectivity index (χ1n) is 5.64. The summed E-state index contributed by atoms with van der Waals surface area (Å²) in [6, 6.07) is 5.41. The van der Waals surface area contributed by atoms with Gasteiger partial charge in [0.25, 0.3) is 5.91 Å². The molecule has 5 nitrogen and oxygen atoms in total. The molecule has 0 saturated carbocycles. The van der Waals surface area contributed by atoms with E-state index >= 15 is 0 Å². The Morgan fingerprint density at radius 3 is 2.94 bits per heavy atom. The first kappa shape index (κ1) is 11.7. The predicted octanol–water partition coefficient (Wildman–Crippen LogP) is 0.593. The predicted molar refractivity (Wildman–Crippen MR) is 67.0 cm³/mol. The van der Waals surface area contributed by atoms with Crippen LogP contribution in [0.1, 0.15) is 17.3 Å². The number of benzene rings is 1. The molecule has 0 aromatic heterocycles. The number of ether oxygens (including phenoxy) is 1. The van der Waals surface area contributed by atoms with Gasteiger partial charge in [-0.15, -0.1) is 0 Å². The normalized spacial score (nSPS) is 20.3. The topological polar surface area (TPSA) is 81.6 Å². The Balaban J connectivity index is 2.45. The van der Waals surface area contributed by atoms with Gasteiger partial charge in [-0.3, -0.25) is 4.79 Å². The summed E-state index contributed by atoms with van der Waals surface area (Å²) >= 11 is 0. The lowest BCUT2D eigenvalue weighted by Crippen LogP contribution is -2.44. The largest absolute Gasteiger partial charge is 0.397 e. The van der Waals surface area contributed by atoms with Crippen LogP contribution >= 0.6 is 0 Å². The molecule has 0 aliphatic carbocycles. The van der Waals surface area contributed by atoms with Crippen molar-refractivity contribution in [2.45, 2.75) is 13.0 Å². The van der Waals surface area contributed by atoms with Crippen molar-refractivity contribution < 1.29 is 9.53 Å². The minimum atomic E-state index is -0.453. The fourth-order valence-corrected chi connectivity index (χ4v) is 2.14. The van der Waals surface area contributed by atoms with Gasteiger partial charge >= 0.3 is 0 Å². The molecular formula is C12H17N3O2. The zero-order valence-electron chi connectivity index (χ0n) is 9.85. The lowest BCUT2D eigenvalue weighted by molar-refractivity contribution is 0.0970. The molecule has 1 fully saturated rings. The maximum Gasteiger partial charge on any atom is 0.250 e. The highest BCUT2D eigenvalue weighted by Crippen LogP contribution is 2.30. The van der Waals surface area contributed by atoms with Crippen molar-refractivity contribution >= 4 is 17.3 Å². The number of nitrogens with two attached hydrogens (primary N) is 2. The van der Waals surface area contributed by atoms with Crippen LogP contribution in [0.15, 0.2) is 18.2 Å². The highest BCUT2D eigenvalue weighted by atomic mass is 16.5. The number of hydrogen-bond donors (Lipinski definition) is 2. The van der Waals surface area contributed by atoms with E-state index in [0.717, 1.165) is 12.2 Å². The van der Waals surface area contributed by atoms with Crippen molar-refractivity contribution in [3.05, 3.63) is 23.8 Å². The van der Waals surface area contributed by atoms with Gasteiger partial charge in [-0.25, -0.2) is 0 Å². The molecule has 5 heteroatoms. The van der Waals surface area contributed by atoms with Gasteiger partial charge in [0.2, 0.25) is 0 Å². The minimum absolute atomic E-state index is 0.187. The van der Waals surface area contributed by atoms with Gasteiger partial charge in [-0.2, -0.15) is 0 Å². The summed E-state index contributed by atoms with van der Waals surface area (Å²) in [6.45, 7) is 4.02. The third-order valence-electron chi connectivity index (χ3n) is 2.99. The van der Waals surface area contributed by atoms with Gasteiger partial charge in [0.1, 0.15) is 0 Å². The van der Waals surface area contributed by atoms with E-state index in [4.69, 9.17) is 16.2 Å². The maximum absolute atomic E-state index is 11.4. The van der Waals surface area contributed by atoms with Gasteiger partial charge in [0.15, 0.2) is 0 Å². The standard InChI is InChI=1S/C12H17N3O2/c1-8-7-17-6-5-15(8)11-9(12(14)16)3-2-4-10(11)13/h2-4,8H,5-7,13H2,1H3,(H2,14,16). The SMILES string of the molecule is CC1COCCN1c1c(N)cccc1C(N)=O. The van der Waals surface area contributed by atoms with E-state index in [1.54, 1.807) is 18.2 Å². The molecule has 0 radical (unpaired) electrons. The fourth-order valence-electron chi connectivity index (χ4n) is 2.14. The van der Waals surface area contributed by atoms with Crippen LogP contribution in [0.25, 0.3) is 0 Å². The number of anilines is 2. The first-order valence-corrected chi connectivity index (χ1v) is 5.64. The van der Waals surface area contributed by atoms with Crippen LogP contribution < -0.4 is 16.4 Å². The Hall–Kier alpha value is -1.75. The van der Waals surface area contributed by atoms with Gasteiger partial charge < -0.3 is 21.1 Å². The molecule has 1 amide bonds. The molecule has 4 N–H and O–H groups in total. The number of hydrogen-bond acceptors (Lipinski definition) is 4. The summed E-state index contributed by atoms with van der Waals surface area (Å²) in [6.07, 6.45) is 0. The van der Waals surface area contributed by atoms with Crippen molar-refractivity contribution in [3.63, 3.8) is 0 Å². The van der Waals surface area contributed by atoms with Crippen molar-refractivity contribution in [2.75, 3.05) is 30.4 Å². The second-order valence-corrected chi connectivity index (χ2v) is 4.22. The first-order chi connectivity index (χ1) is 8.11. The van der Waals surface area contributed by atoms with Crippen molar-refractivity contribution in [2.24, 2.45) is 5.73 Å². The zero-order chi connectivity index (χ0) is 12.4. The van der Waals surface area contributed by atoms with Crippen molar-refractivity contribution in [1.82, 2.24) is 0 Å². The highest BCUT2D eigenvalue weighted by molar-refractivity contribution is 6.01. The Labute approximate surface area is 100 Å². The molecule has 2 rings (SSSR count). The van der Waals surface area contributed by atoms with E-state index in [9.17, 15) is 4.79 Å². The van der Waals surface area contributed by atoms with Crippen molar-refractivity contribution in [1.29, 1.82) is 0 Å². The van der Waals surface area contributed by atoms with E-state index < -0.39 is 5.91 Å². The summed E-state index contributed by atoms with van der Waals surface area (Å²) < 4.78 is 5.38. The quantitative estimate of drug-likeness (QED) is 0.735. The number of nitrogen functional groups attached to an aromatic ring is 1. The fraction of sp³-hybridized carbons (Fsp3) is 0.417. The van der Waals surface area contributed by atoms with Crippen LogP contribution in [0.4, 0.5) is 11.4 Å². The van der Waals surface area contributed by atoms with E-state index in [0.29, 0.717) is 24.5 Å². The number of morpholine rings is 1. The summed E-state index contributed by atoms with van der Waals surface area (Å²) in [4.78, 5) is 13.5. The van der Waals surface area contributed by atoms with Crippen LogP contribution in [0.2, 0.25) is 0 Å². The number of carbonyl (C=O) groups is 1. The van der Waals surface area contributed by atoms with E-state index in [-0.39, 0.29) is 6.04 Å². The highest BCUT2D eigenvalue weighted by Gasteiger charge is 2.24. The number of amides is 1.